The summed E-state index contributed by atoms with van der Waals surface area (Å²) in [5.74, 6) is 0.100. The molecular weight excluding hydrogens is 410 g/mol. The number of aryl methyl sites for hydroxylation is 2. The number of nitrogens with zero attached hydrogens (tertiary/aromatic N) is 2. The summed E-state index contributed by atoms with van der Waals surface area (Å²) in [5, 5.41) is 3.38. The van der Waals surface area contributed by atoms with E-state index in [1.807, 2.05) is 56.3 Å². The summed E-state index contributed by atoms with van der Waals surface area (Å²) in [6, 6.07) is 18.3. The van der Waals surface area contributed by atoms with Gasteiger partial charge in [0.25, 0.3) is 0 Å². The van der Waals surface area contributed by atoms with Crippen molar-refractivity contribution in [2.24, 2.45) is 0 Å². The predicted molar refractivity (Wildman–Crippen MR) is 122 cm³/mol. The van der Waals surface area contributed by atoms with Crippen molar-refractivity contribution >= 4 is 32.5 Å². The van der Waals surface area contributed by atoms with Crippen molar-refractivity contribution in [2.75, 3.05) is 5.32 Å². The van der Waals surface area contributed by atoms with Crippen molar-refractivity contribution in [2.45, 2.75) is 31.0 Å². The molecule has 6 nitrogen and oxygen atoms in total. The first kappa shape index (κ1) is 20.8. The first-order valence-electron chi connectivity index (χ1n) is 9.91. The molecule has 0 aliphatic heterocycles. The normalized spacial score (nSPS) is 11.5. The molecule has 2 aromatic carbocycles. The van der Waals surface area contributed by atoms with Crippen LogP contribution in [-0.2, 0) is 26.9 Å². The Labute approximate surface area is 181 Å². The first-order chi connectivity index (χ1) is 14.8. The summed E-state index contributed by atoms with van der Waals surface area (Å²) in [4.78, 5) is 17.0. The number of amides is 1. The molecule has 0 aliphatic carbocycles. The van der Waals surface area contributed by atoms with Gasteiger partial charge in [-0.05, 0) is 48.7 Å². The standard InChI is InChI=1S/C24H23N3O3S/c1-17-11-12-25-23(13-17)26-24(28)15-27-14-22(20-9-5-6-10-21(20)27)31(29,30)16-19-8-4-3-7-18(19)2/h3-14H,15-16H2,1-2H3,(H,25,26,28). The number of rotatable bonds is 6. The highest BCUT2D eigenvalue weighted by atomic mass is 32.2. The second-order valence-electron chi connectivity index (χ2n) is 7.59. The second kappa shape index (κ2) is 8.35. The number of nitrogens with one attached hydrogen (secondary N) is 1. The van der Waals surface area contributed by atoms with Crippen molar-refractivity contribution in [3.8, 4) is 0 Å². The van der Waals surface area contributed by atoms with Crippen LogP contribution >= 0.6 is 0 Å². The molecule has 0 unspecified atom stereocenters. The SMILES string of the molecule is Cc1ccnc(NC(=O)Cn2cc(S(=O)(=O)Cc3ccccc3C)c3ccccc32)c1. The van der Waals surface area contributed by atoms with E-state index in [1.54, 1.807) is 35.2 Å². The lowest BCUT2D eigenvalue weighted by Gasteiger charge is -2.07. The summed E-state index contributed by atoms with van der Waals surface area (Å²) in [7, 11) is -3.61. The lowest BCUT2D eigenvalue weighted by molar-refractivity contribution is -0.116. The average Bonchev–Trinajstić information content (AvgIpc) is 3.09. The number of carbonyl (C=O) groups is 1. The summed E-state index contributed by atoms with van der Waals surface area (Å²) < 4.78 is 28.2. The molecule has 0 saturated heterocycles. The van der Waals surface area contributed by atoms with Gasteiger partial charge in [-0.15, -0.1) is 0 Å². The van der Waals surface area contributed by atoms with E-state index < -0.39 is 9.84 Å². The van der Waals surface area contributed by atoms with E-state index in [9.17, 15) is 13.2 Å². The number of pyridine rings is 1. The number of benzene rings is 2. The van der Waals surface area contributed by atoms with Crippen molar-refractivity contribution in [1.82, 2.24) is 9.55 Å². The van der Waals surface area contributed by atoms with E-state index in [2.05, 4.69) is 10.3 Å². The zero-order valence-corrected chi connectivity index (χ0v) is 18.2. The molecule has 0 aliphatic rings. The predicted octanol–water partition coefficient (Wildman–Crippen LogP) is 4.27. The lowest BCUT2D eigenvalue weighted by Crippen LogP contribution is -2.19. The van der Waals surface area contributed by atoms with Gasteiger partial charge in [-0.25, -0.2) is 13.4 Å². The number of para-hydroxylation sites is 1. The number of fused-ring (bicyclic) bond motifs is 1. The Kier molecular flexibility index (Phi) is 5.61. The third-order valence-corrected chi connectivity index (χ3v) is 6.88. The van der Waals surface area contributed by atoms with Crippen LogP contribution in [0.25, 0.3) is 10.9 Å². The molecule has 0 bridgehead atoms. The van der Waals surface area contributed by atoms with Crippen molar-refractivity contribution in [3.63, 3.8) is 0 Å². The fraction of sp³-hybridized carbons (Fsp3) is 0.167. The molecular formula is C24H23N3O3S. The molecule has 0 saturated carbocycles. The van der Waals surface area contributed by atoms with E-state index in [0.29, 0.717) is 16.7 Å². The third-order valence-electron chi connectivity index (χ3n) is 5.19. The molecule has 2 heterocycles. The molecule has 31 heavy (non-hydrogen) atoms. The number of carbonyl (C=O) groups excluding carboxylic acids is 1. The highest BCUT2D eigenvalue weighted by Gasteiger charge is 2.23. The maximum absolute atomic E-state index is 13.3. The van der Waals surface area contributed by atoms with Crippen LogP contribution in [0.15, 0.2) is 78.0 Å². The quantitative estimate of drug-likeness (QED) is 0.492. The monoisotopic (exact) mass is 433 g/mol. The maximum Gasteiger partial charge on any atom is 0.245 e. The molecule has 1 N–H and O–H groups in total. The molecule has 7 heteroatoms. The fourth-order valence-electron chi connectivity index (χ4n) is 3.59. The van der Waals surface area contributed by atoms with Crippen LogP contribution in [0.2, 0.25) is 0 Å². The topological polar surface area (TPSA) is 81.1 Å². The molecule has 158 valence electrons. The third kappa shape index (κ3) is 4.51. The molecule has 0 fully saturated rings. The molecule has 0 spiro atoms. The Morgan fingerprint density at radius 3 is 2.55 bits per heavy atom. The van der Waals surface area contributed by atoms with Crippen LogP contribution in [0.5, 0.6) is 0 Å². The Morgan fingerprint density at radius 1 is 1.03 bits per heavy atom. The zero-order chi connectivity index (χ0) is 22.0. The molecule has 4 rings (SSSR count). The van der Waals surface area contributed by atoms with Crippen LogP contribution in [0.1, 0.15) is 16.7 Å². The molecule has 2 aromatic heterocycles. The summed E-state index contributed by atoms with van der Waals surface area (Å²) in [6.45, 7) is 3.80. The number of sulfone groups is 1. The van der Waals surface area contributed by atoms with E-state index in [1.165, 1.54) is 0 Å². The highest BCUT2D eigenvalue weighted by molar-refractivity contribution is 7.90. The first-order valence-corrected chi connectivity index (χ1v) is 11.6. The van der Waals surface area contributed by atoms with Gasteiger partial charge >= 0.3 is 0 Å². The van der Waals surface area contributed by atoms with E-state index in [4.69, 9.17) is 0 Å². The number of hydrogen-bond acceptors (Lipinski definition) is 4. The zero-order valence-electron chi connectivity index (χ0n) is 17.4. The second-order valence-corrected chi connectivity index (χ2v) is 9.55. The fourth-order valence-corrected chi connectivity index (χ4v) is 5.27. The van der Waals surface area contributed by atoms with Gasteiger partial charge < -0.3 is 9.88 Å². The van der Waals surface area contributed by atoms with Gasteiger partial charge in [0.2, 0.25) is 5.91 Å². The Balaban J connectivity index is 1.66. The smallest absolute Gasteiger partial charge is 0.245 e. The van der Waals surface area contributed by atoms with Gasteiger partial charge in [-0.1, -0.05) is 42.5 Å². The van der Waals surface area contributed by atoms with Crippen molar-refractivity contribution < 1.29 is 13.2 Å². The Hall–Kier alpha value is -3.45. The molecule has 0 atom stereocenters. The van der Waals surface area contributed by atoms with Crippen LogP contribution in [0.3, 0.4) is 0 Å². The van der Waals surface area contributed by atoms with E-state index >= 15 is 0 Å². The summed E-state index contributed by atoms with van der Waals surface area (Å²) >= 11 is 0. The van der Waals surface area contributed by atoms with Crippen LogP contribution in [-0.4, -0.2) is 23.9 Å². The van der Waals surface area contributed by atoms with Gasteiger partial charge in [0.1, 0.15) is 12.4 Å². The minimum Gasteiger partial charge on any atom is -0.337 e. The van der Waals surface area contributed by atoms with Crippen molar-refractivity contribution in [1.29, 1.82) is 0 Å². The van der Waals surface area contributed by atoms with Crippen LogP contribution in [0.4, 0.5) is 5.82 Å². The summed E-state index contributed by atoms with van der Waals surface area (Å²) in [5.41, 5.74) is 3.38. The number of aromatic nitrogens is 2. The van der Waals surface area contributed by atoms with E-state index in [0.717, 1.165) is 16.7 Å². The van der Waals surface area contributed by atoms with Gasteiger partial charge in [0, 0.05) is 23.3 Å². The number of anilines is 1. The Morgan fingerprint density at radius 2 is 1.77 bits per heavy atom. The van der Waals surface area contributed by atoms with Gasteiger partial charge in [-0.2, -0.15) is 0 Å². The highest BCUT2D eigenvalue weighted by Crippen LogP contribution is 2.28. The Bertz CT molecular complexity index is 1370. The largest absolute Gasteiger partial charge is 0.337 e. The van der Waals surface area contributed by atoms with Crippen LogP contribution in [0, 0.1) is 13.8 Å². The summed E-state index contributed by atoms with van der Waals surface area (Å²) in [6.07, 6.45) is 3.19. The maximum atomic E-state index is 13.3. The average molecular weight is 434 g/mol. The molecule has 0 radical (unpaired) electrons. The molecule has 4 aromatic rings. The van der Waals surface area contributed by atoms with E-state index in [-0.39, 0.29) is 23.1 Å². The molecule has 1 amide bonds. The van der Waals surface area contributed by atoms with Crippen molar-refractivity contribution in [3.05, 3.63) is 89.7 Å². The lowest BCUT2D eigenvalue weighted by atomic mass is 10.1. The van der Waals surface area contributed by atoms with Gasteiger partial charge in [0.15, 0.2) is 9.84 Å². The van der Waals surface area contributed by atoms with Crippen LogP contribution < -0.4 is 5.32 Å². The minimum absolute atomic E-state index is 0.0178. The van der Waals surface area contributed by atoms with Gasteiger partial charge in [0.05, 0.1) is 10.6 Å². The minimum atomic E-state index is -3.61. The van der Waals surface area contributed by atoms with Gasteiger partial charge in [-0.3, -0.25) is 4.79 Å². The number of hydrogen-bond donors (Lipinski definition) is 1.